The predicted octanol–water partition coefficient (Wildman–Crippen LogP) is 16.9. The maximum Gasteiger partial charge on any atom is 0.472 e. The number of phosphoric ester groups is 1. The summed E-state index contributed by atoms with van der Waals surface area (Å²) in [5.41, 5.74) is 0. The van der Waals surface area contributed by atoms with Gasteiger partial charge in [-0.15, -0.1) is 0 Å². The SMILES string of the molecule is CC/C=C\C/C=C\C/C=C\C/C=C\CCCCCCC(=O)OC(COC(=O)CCCCCCC/C=C\CCCCCCCC)COP(=O)(O)OCC(CO)OC(=O)CCCCCCC/C=C\CCCCCC. The molecule has 0 amide bonds. The number of ether oxygens (including phenoxy) is 3. The van der Waals surface area contributed by atoms with Gasteiger partial charge in [0, 0.05) is 19.3 Å². The van der Waals surface area contributed by atoms with Crippen LogP contribution in [-0.2, 0) is 42.2 Å². The minimum atomic E-state index is -4.76. The van der Waals surface area contributed by atoms with Gasteiger partial charge in [-0.05, 0) is 109 Å². The topological polar surface area (TPSA) is 155 Å². The summed E-state index contributed by atoms with van der Waals surface area (Å²) in [6, 6.07) is 0. The average molecular weight is 1030 g/mol. The first-order valence-corrected chi connectivity index (χ1v) is 30.3. The van der Waals surface area contributed by atoms with Gasteiger partial charge in [-0.1, -0.05) is 196 Å². The Kier molecular flexibility index (Phi) is 51.9. The molecule has 416 valence electrons. The highest BCUT2D eigenvalue weighted by Crippen LogP contribution is 2.43. The molecule has 2 N–H and O–H groups in total. The van der Waals surface area contributed by atoms with Crippen molar-refractivity contribution in [3.63, 3.8) is 0 Å². The molecule has 0 rings (SSSR count). The Morgan fingerprint density at radius 1 is 0.403 bits per heavy atom. The Morgan fingerprint density at radius 3 is 1.14 bits per heavy atom. The molecule has 12 heteroatoms. The van der Waals surface area contributed by atoms with Crippen LogP contribution >= 0.6 is 7.82 Å². The van der Waals surface area contributed by atoms with E-state index in [-0.39, 0.29) is 25.9 Å². The zero-order valence-electron chi connectivity index (χ0n) is 45.9. The van der Waals surface area contributed by atoms with Crippen molar-refractivity contribution in [3.8, 4) is 0 Å². The Morgan fingerprint density at radius 2 is 0.722 bits per heavy atom. The van der Waals surface area contributed by atoms with Gasteiger partial charge in [0.15, 0.2) is 6.10 Å². The molecular formula is C60H105O11P. The molecule has 0 aromatic heterocycles. The third kappa shape index (κ3) is 51.8. The molecule has 0 fully saturated rings. The van der Waals surface area contributed by atoms with E-state index in [1.165, 1.54) is 64.2 Å². The number of allylic oxidation sites excluding steroid dienone is 12. The molecule has 0 saturated carbocycles. The summed E-state index contributed by atoms with van der Waals surface area (Å²) in [4.78, 5) is 48.5. The largest absolute Gasteiger partial charge is 0.472 e. The van der Waals surface area contributed by atoms with Crippen LogP contribution in [0.3, 0.4) is 0 Å². The molecule has 0 aromatic rings. The van der Waals surface area contributed by atoms with E-state index >= 15 is 0 Å². The maximum atomic E-state index is 12.9. The number of carbonyl (C=O) groups excluding carboxylic acids is 3. The van der Waals surface area contributed by atoms with E-state index in [2.05, 4.69) is 93.7 Å². The molecule has 0 bridgehead atoms. The molecule has 11 nitrogen and oxygen atoms in total. The van der Waals surface area contributed by atoms with E-state index in [4.69, 9.17) is 23.3 Å². The number of rotatable bonds is 53. The van der Waals surface area contributed by atoms with Crippen LogP contribution in [0, 0.1) is 0 Å². The summed E-state index contributed by atoms with van der Waals surface area (Å²) < 4.78 is 39.5. The molecule has 0 heterocycles. The minimum absolute atomic E-state index is 0.136. The molecule has 0 spiro atoms. The van der Waals surface area contributed by atoms with Crippen molar-refractivity contribution in [1.82, 2.24) is 0 Å². The van der Waals surface area contributed by atoms with Gasteiger partial charge in [-0.3, -0.25) is 23.4 Å². The molecule has 0 aliphatic heterocycles. The fourth-order valence-electron chi connectivity index (χ4n) is 7.69. The lowest BCUT2D eigenvalue weighted by atomic mass is 10.1. The lowest BCUT2D eigenvalue weighted by Crippen LogP contribution is -2.30. The van der Waals surface area contributed by atoms with Crippen LogP contribution < -0.4 is 0 Å². The fourth-order valence-corrected chi connectivity index (χ4v) is 8.47. The first kappa shape index (κ1) is 68.9. The predicted molar refractivity (Wildman–Crippen MR) is 298 cm³/mol. The van der Waals surface area contributed by atoms with Gasteiger partial charge in [-0.2, -0.15) is 0 Å². The van der Waals surface area contributed by atoms with Crippen molar-refractivity contribution in [3.05, 3.63) is 72.9 Å². The van der Waals surface area contributed by atoms with Gasteiger partial charge in [0.1, 0.15) is 12.7 Å². The summed E-state index contributed by atoms with van der Waals surface area (Å²) in [6.07, 6.45) is 60.0. The molecule has 72 heavy (non-hydrogen) atoms. The van der Waals surface area contributed by atoms with Crippen molar-refractivity contribution >= 4 is 25.7 Å². The standard InChI is InChI=1S/C60H105O11P/c1-4-7-10-13-16-19-22-25-27-28-30-33-36-39-42-45-48-51-60(64)71-57(53-67-58(62)49-46-43-40-37-34-32-29-26-23-20-17-14-11-8-5-2)55-69-72(65,66)68-54-56(52-61)70-59(63)50-47-44-41-38-35-31-24-21-18-15-12-9-6-3/h7,10,16,19,21,24-27,29-30,33,56-57,61H,4-6,8-9,11-15,17-18,20,22-23,28,31-32,34-55H2,1-3H3,(H,65,66)/b10-7-,19-16-,24-21-,27-25-,29-26-,33-30-. The highest BCUT2D eigenvalue weighted by Gasteiger charge is 2.28. The second-order valence-electron chi connectivity index (χ2n) is 19.1. The summed E-state index contributed by atoms with van der Waals surface area (Å²) in [5.74, 6) is -1.51. The molecule has 3 unspecified atom stereocenters. The van der Waals surface area contributed by atoms with E-state index in [0.717, 1.165) is 128 Å². The Balaban J connectivity index is 4.79. The summed E-state index contributed by atoms with van der Waals surface area (Å²) in [5, 5.41) is 9.80. The number of carbonyl (C=O) groups is 3. The van der Waals surface area contributed by atoms with E-state index in [0.29, 0.717) is 19.3 Å². The van der Waals surface area contributed by atoms with Gasteiger partial charge in [0.25, 0.3) is 0 Å². The number of phosphoric acid groups is 1. The van der Waals surface area contributed by atoms with E-state index in [1.54, 1.807) is 0 Å². The fraction of sp³-hybridized carbons (Fsp3) is 0.750. The van der Waals surface area contributed by atoms with Crippen LogP contribution in [0.1, 0.15) is 252 Å². The molecule has 0 radical (unpaired) electrons. The normalized spacial score (nSPS) is 13.9. The molecule has 3 atom stereocenters. The second kappa shape index (κ2) is 54.2. The van der Waals surface area contributed by atoms with Crippen LogP contribution in [0.25, 0.3) is 0 Å². The van der Waals surface area contributed by atoms with Gasteiger partial charge < -0.3 is 24.2 Å². The van der Waals surface area contributed by atoms with Gasteiger partial charge in [0.05, 0.1) is 19.8 Å². The third-order valence-corrected chi connectivity index (χ3v) is 13.0. The number of hydrogen-bond acceptors (Lipinski definition) is 10. The molecule has 0 saturated heterocycles. The highest BCUT2D eigenvalue weighted by molar-refractivity contribution is 7.47. The summed E-state index contributed by atoms with van der Waals surface area (Å²) >= 11 is 0. The van der Waals surface area contributed by atoms with Crippen molar-refractivity contribution in [2.45, 2.75) is 264 Å². The molecule has 0 aromatic carbocycles. The van der Waals surface area contributed by atoms with Crippen molar-refractivity contribution < 1.29 is 52.2 Å². The first-order valence-electron chi connectivity index (χ1n) is 28.8. The van der Waals surface area contributed by atoms with Crippen molar-refractivity contribution in [1.29, 1.82) is 0 Å². The quantitative estimate of drug-likeness (QED) is 0.0197. The zero-order chi connectivity index (χ0) is 52.7. The van der Waals surface area contributed by atoms with Crippen LogP contribution in [0.15, 0.2) is 72.9 Å². The Labute approximate surface area is 439 Å². The van der Waals surface area contributed by atoms with Crippen molar-refractivity contribution in [2.24, 2.45) is 0 Å². The van der Waals surface area contributed by atoms with Gasteiger partial charge in [0.2, 0.25) is 0 Å². The minimum Gasteiger partial charge on any atom is -0.462 e. The average Bonchev–Trinajstić information content (AvgIpc) is 3.37. The highest BCUT2D eigenvalue weighted by atomic mass is 31.2. The monoisotopic (exact) mass is 1030 g/mol. The number of aliphatic hydroxyl groups is 1. The van der Waals surface area contributed by atoms with E-state index < -0.39 is 57.8 Å². The van der Waals surface area contributed by atoms with Gasteiger partial charge in [-0.25, -0.2) is 4.57 Å². The van der Waals surface area contributed by atoms with Crippen LogP contribution in [0.5, 0.6) is 0 Å². The maximum absolute atomic E-state index is 12.9. The summed E-state index contributed by atoms with van der Waals surface area (Å²) in [6.45, 7) is 4.47. The smallest absolute Gasteiger partial charge is 0.462 e. The Hall–Kier alpha value is -3.08. The van der Waals surface area contributed by atoms with E-state index in [9.17, 15) is 28.9 Å². The number of esters is 3. The third-order valence-electron chi connectivity index (χ3n) is 12.1. The molecule has 0 aliphatic rings. The molecular weight excluding hydrogens is 928 g/mol. The Bertz CT molecular complexity index is 1490. The van der Waals surface area contributed by atoms with Gasteiger partial charge >= 0.3 is 25.7 Å². The van der Waals surface area contributed by atoms with Crippen molar-refractivity contribution in [2.75, 3.05) is 26.4 Å². The van der Waals surface area contributed by atoms with Crippen LogP contribution in [0.4, 0.5) is 0 Å². The molecule has 0 aliphatic carbocycles. The number of unbranched alkanes of at least 4 members (excludes halogenated alkanes) is 24. The number of hydrogen-bond donors (Lipinski definition) is 2. The van der Waals surface area contributed by atoms with Crippen LogP contribution in [0.2, 0.25) is 0 Å². The summed E-state index contributed by atoms with van der Waals surface area (Å²) in [7, 11) is -4.76. The number of aliphatic hydroxyl groups excluding tert-OH is 1. The van der Waals surface area contributed by atoms with Crippen LogP contribution in [-0.4, -0.2) is 66.5 Å². The lowest BCUT2D eigenvalue weighted by molar-refractivity contribution is -0.161. The first-order chi connectivity index (χ1) is 35.2. The lowest BCUT2D eigenvalue weighted by Gasteiger charge is -2.21. The zero-order valence-corrected chi connectivity index (χ0v) is 46.8. The second-order valence-corrected chi connectivity index (χ2v) is 20.5. The van der Waals surface area contributed by atoms with E-state index in [1.807, 2.05) is 0 Å².